The van der Waals surface area contributed by atoms with Gasteiger partial charge >= 0.3 is 0 Å². The molecule has 1 heteroatoms. The Morgan fingerprint density at radius 3 is 1.67 bits per heavy atom. The summed E-state index contributed by atoms with van der Waals surface area (Å²) in [6.07, 6.45) is 2.03. The number of fused-ring (bicyclic) bond motifs is 7. The standard InChI is InChI=1S/C32H33P/c1-8-22-23-11-9-10-12-26(23)32(29(22)19-33)27-17-20(30(2,3)4)13-15-24(27)25-16-14-21(18-28(25)32)31(5,6)7/h8-19,33H,1H2,2-7H3. The second-order valence-corrected chi connectivity index (χ2v) is 11.8. The van der Waals surface area contributed by atoms with Gasteiger partial charge in [-0.25, -0.2) is 0 Å². The fourth-order valence-electron chi connectivity index (χ4n) is 5.78. The molecule has 2 aliphatic rings. The normalized spacial score (nSPS) is 15.9. The Labute approximate surface area is 201 Å². The van der Waals surface area contributed by atoms with Gasteiger partial charge in [-0.05, 0) is 72.3 Å². The van der Waals surface area contributed by atoms with E-state index in [1.165, 1.54) is 55.7 Å². The summed E-state index contributed by atoms with van der Waals surface area (Å²) in [5.74, 6) is 2.13. The summed E-state index contributed by atoms with van der Waals surface area (Å²) in [5.41, 5.74) is 13.1. The van der Waals surface area contributed by atoms with E-state index in [1.54, 1.807) is 0 Å². The lowest BCUT2D eigenvalue weighted by molar-refractivity contribution is 0.586. The summed E-state index contributed by atoms with van der Waals surface area (Å²) < 4.78 is 0. The highest BCUT2D eigenvalue weighted by Gasteiger charge is 2.52. The molecule has 0 heterocycles. The van der Waals surface area contributed by atoms with E-state index in [1.807, 2.05) is 6.08 Å². The van der Waals surface area contributed by atoms with Gasteiger partial charge in [-0.15, -0.1) is 8.86 Å². The third kappa shape index (κ3) is 2.93. The highest BCUT2D eigenvalue weighted by molar-refractivity contribution is 7.19. The zero-order chi connectivity index (χ0) is 23.8. The van der Waals surface area contributed by atoms with Crippen molar-refractivity contribution < 1.29 is 0 Å². The Balaban J connectivity index is 1.99. The lowest BCUT2D eigenvalue weighted by Gasteiger charge is -2.33. The Bertz CT molecular complexity index is 1290. The van der Waals surface area contributed by atoms with Gasteiger partial charge < -0.3 is 0 Å². The molecule has 166 valence electrons. The Morgan fingerprint density at radius 2 is 1.21 bits per heavy atom. The third-order valence-electron chi connectivity index (χ3n) is 7.53. The molecule has 33 heavy (non-hydrogen) atoms. The van der Waals surface area contributed by atoms with Crippen LogP contribution >= 0.6 is 8.86 Å². The first-order valence-corrected chi connectivity index (χ1v) is 12.4. The van der Waals surface area contributed by atoms with Crippen LogP contribution in [0, 0.1) is 0 Å². The van der Waals surface area contributed by atoms with Gasteiger partial charge in [0.1, 0.15) is 0 Å². The number of benzene rings is 3. The topological polar surface area (TPSA) is 0 Å². The van der Waals surface area contributed by atoms with Gasteiger partial charge in [0.15, 0.2) is 0 Å². The van der Waals surface area contributed by atoms with Gasteiger partial charge in [0, 0.05) is 0 Å². The first kappa shape index (κ1) is 22.1. The van der Waals surface area contributed by atoms with E-state index in [-0.39, 0.29) is 16.2 Å². The van der Waals surface area contributed by atoms with Crippen LogP contribution in [0.1, 0.15) is 74.9 Å². The van der Waals surface area contributed by atoms with Crippen molar-refractivity contribution in [2.45, 2.75) is 57.8 Å². The van der Waals surface area contributed by atoms with Crippen molar-refractivity contribution in [1.82, 2.24) is 0 Å². The van der Waals surface area contributed by atoms with Crippen LogP contribution in [0.5, 0.6) is 0 Å². The summed E-state index contributed by atoms with van der Waals surface area (Å²) in [5, 5.41) is 0. The largest absolute Gasteiger partial charge is 0.122 e. The molecule has 0 nitrogen and oxygen atoms in total. The summed E-state index contributed by atoms with van der Waals surface area (Å²) in [4.78, 5) is 0. The fourth-order valence-corrected chi connectivity index (χ4v) is 6.15. The molecule has 0 saturated heterocycles. The van der Waals surface area contributed by atoms with Crippen molar-refractivity contribution in [3.05, 3.63) is 112 Å². The summed E-state index contributed by atoms with van der Waals surface area (Å²) in [6.45, 7) is 18.0. The first-order valence-electron chi connectivity index (χ1n) is 11.8. The SMILES string of the molecule is C=CC1=C(C=P)C2(c3ccccc31)c1cc(C(C)(C)C)ccc1-c1ccc(C(C)(C)C)cc12. The molecule has 0 saturated carbocycles. The minimum Gasteiger partial charge on any atom is -0.122 e. The van der Waals surface area contributed by atoms with Gasteiger partial charge in [0.25, 0.3) is 0 Å². The van der Waals surface area contributed by atoms with Gasteiger partial charge in [-0.3, -0.25) is 0 Å². The van der Waals surface area contributed by atoms with Crippen molar-refractivity contribution >= 4 is 20.2 Å². The lowest BCUT2D eigenvalue weighted by Crippen LogP contribution is -2.29. The molecular weight excluding hydrogens is 415 g/mol. The number of allylic oxidation sites excluding steroid dienone is 3. The van der Waals surface area contributed by atoms with E-state index < -0.39 is 0 Å². The average Bonchev–Trinajstić information content (AvgIpc) is 3.23. The van der Waals surface area contributed by atoms with Crippen LogP contribution in [0.15, 0.2) is 78.9 Å². The van der Waals surface area contributed by atoms with E-state index in [2.05, 4.69) is 123 Å². The molecular formula is C32H33P. The molecule has 0 radical (unpaired) electrons. The van der Waals surface area contributed by atoms with Crippen LogP contribution in [-0.4, -0.2) is 5.80 Å². The maximum atomic E-state index is 4.22. The molecule has 0 aromatic heterocycles. The number of hydrogen-bond donors (Lipinski definition) is 0. The van der Waals surface area contributed by atoms with Gasteiger partial charge in [-0.2, -0.15) is 0 Å². The van der Waals surface area contributed by atoms with Crippen LogP contribution in [0.2, 0.25) is 0 Å². The molecule has 3 aromatic carbocycles. The minimum atomic E-state index is -0.352. The third-order valence-corrected chi connectivity index (χ3v) is 7.82. The Hall–Kier alpha value is -2.69. The van der Waals surface area contributed by atoms with Crippen LogP contribution in [0.4, 0.5) is 0 Å². The smallest absolute Gasteiger partial charge is 0.0728 e. The summed E-state index contributed by atoms with van der Waals surface area (Å²) in [7, 11) is 3.85. The second kappa shape index (κ2) is 7.15. The zero-order valence-corrected chi connectivity index (χ0v) is 21.6. The highest BCUT2D eigenvalue weighted by Crippen LogP contribution is 2.62. The molecule has 2 aliphatic carbocycles. The minimum absolute atomic E-state index is 0.0719. The van der Waals surface area contributed by atoms with E-state index in [4.69, 9.17) is 0 Å². The Morgan fingerprint density at radius 1 is 0.697 bits per heavy atom. The molecule has 5 rings (SSSR count). The van der Waals surface area contributed by atoms with E-state index >= 15 is 0 Å². The molecule has 0 bridgehead atoms. The van der Waals surface area contributed by atoms with Crippen molar-refractivity contribution in [2.24, 2.45) is 0 Å². The van der Waals surface area contributed by atoms with E-state index in [0.29, 0.717) is 0 Å². The summed E-state index contributed by atoms with van der Waals surface area (Å²) >= 11 is 0. The van der Waals surface area contributed by atoms with Gasteiger partial charge in [-0.1, -0.05) is 115 Å². The number of hydrogen-bond acceptors (Lipinski definition) is 0. The quantitative estimate of drug-likeness (QED) is 0.345. The predicted molar refractivity (Wildman–Crippen MR) is 147 cm³/mol. The molecule has 0 unspecified atom stereocenters. The number of rotatable bonds is 2. The van der Waals surface area contributed by atoms with Crippen molar-refractivity contribution in [3.8, 4) is 11.1 Å². The maximum Gasteiger partial charge on any atom is 0.0728 e. The van der Waals surface area contributed by atoms with E-state index in [0.717, 1.165) is 0 Å². The molecule has 3 aromatic rings. The molecule has 1 spiro atoms. The molecule has 0 aliphatic heterocycles. The summed E-state index contributed by atoms with van der Waals surface area (Å²) in [6, 6.07) is 23.1. The fraction of sp³-hybridized carbons (Fsp3) is 0.281. The van der Waals surface area contributed by atoms with Gasteiger partial charge in [0.2, 0.25) is 0 Å². The molecule has 0 N–H and O–H groups in total. The van der Waals surface area contributed by atoms with Gasteiger partial charge in [0.05, 0.1) is 5.41 Å². The van der Waals surface area contributed by atoms with Crippen LogP contribution in [0.3, 0.4) is 0 Å². The predicted octanol–water partition coefficient (Wildman–Crippen LogP) is 8.49. The van der Waals surface area contributed by atoms with Crippen LogP contribution in [0.25, 0.3) is 16.7 Å². The van der Waals surface area contributed by atoms with Crippen LogP contribution in [-0.2, 0) is 16.2 Å². The molecule has 0 fully saturated rings. The Kier molecular flexibility index (Phi) is 4.79. The molecule has 0 amide bonds. The van der Waals surface area contributed by atoms with Crippen molar-refractivity contribution in [3.63, 3.8) is 0 Å². The average molecular weight is 449 g/mol. The maximum absolute atomic E-state index is 4.22. The zero-order valence-electron chi connectivity index (χ0n) is 20.6. The lowest BCUT2D eigenvalue weighted by atomic mass is 9.68. The van der Waals surface area contributed by atoms with Crippen molar-refractivity contribution in [2.75, 3.05) is 0 Å². The monoisotopic (exact) mass is 448 g/mol. The highest BCUT2D eigenvalue weighted by atomic mass is 31.0. The molecule has 0 atom stereocenters. The second-order valence-electron chi connectivity index (χ2n) is 11.5. The van der Waals surface area contributed by atoms with E-state index in [9.17, 15) is 0 Å². The van der Waals surface area contributed by atoms with Crippen LogP contribution < -0.4 is 0 Å². The first-order chi connectivity index (χ1) is 15.5. The van der Waals surface area contributed by atoms with Crippen molar-refractivity contribution in [1.29, 1.82) is 0 Å².